The second-order valence-electron chi connectivity index (χ2n) is 13.2. The Morgan fingerprint density at radius 3 is 2.25 bits per heavy atom. The lowest BCUT2D eigenvalue weighted by molar-refractivity contribution is -0.138. The summed E-state index contributed by atoms with van der Waals surface area (Å²) in [7, 11) is 0. The standard InChI is InChI=1S/C34H50N8O10/c1-7-18(2)28(42-33(50)52-34(4,5)6)31(49)41-23(12-13-26(44)45)29(47)38-17-25(43)40-22(9-8-14-37-32(35)36)30(48)39-20-10-11-21-19(3)15-27(46)51-24(21)16-20/h10-11,15-16,18,22-23,28H,7-9,12-14,17H2,1-6H3,(H,38,47)(H,39,48)(H,40,43)(H,41,49)(H,42,50)(H,44,45)(H4,35,36,37)/t18-,22+,23+,28-/m0/s1. The Hall–Kier alpha value is -5.68. The normalized spacial score (nSPS) is 13.4. The monoisotopic (exact) mass is 730 g/mol. The number of ether oxygens (including phenoxy) is 1. The maximum atomic E-state index is 13.3. The Morgan fingerprint density at radius 1 is 0.962 bits per heavy atom. The number of amides is 5. The molecule has 286 valence electrons. The molecule has 10 N–H and O–H groups in total. The van der Waals surface area contributed by atoms with Gasteiger partial charge in [-0.25, -0.2) is 9.59 Å². The van der Waals surface area contributed by atoms with Crippen molar-refractivity contribution >= 4 is 58.3 Å². The van der Waals surface area contributed by atoms with Crippen molar-refractivity contribution in [1.29, 1.82) is 0 Å². The molecule has 1 aromatic carbocycles. The minimum atomic E-state index is -1.39. The quantitative estimate of drug-likeness (QED) is 0.0461. The molecule has 0 unspecified atom stereocenters. The number of rotatable bonds is 18. The van der Waals surface area contributed by atoms with E-state index in [-0.39, 0.29) is 43.0 Å². The molecule has 18 heteroatoms. The van der Waals surface area contributed by atoms with Gasteiger partial charge in [0.1, 0.15) is 29.3 Å². The first-order valence-electron chi connectivity index (χ1n) is 16.8. The maximum absolute atomic E-state index is 13.3. The molecular weight excluding hydrogens is 680 g/mol. The fraction of sp³-hybridized carbons (Fsp3) is 0.529. The summed E-state index contributed by atoms with van der Waals surface area (Å²) in [6.07, 6.45) is -0.827. The summed E-state index contributed by atoms with van der Waals surface area (Å²) in [4.78, 5) is 92.4. The van der Waals surface area contributed by atoms with E-state index in [1.54, 1.807) is 53.7 Å². The summed E-state index contributed by atoms with van der Waals surface area (Å²) < 4.78 is 10.5. The summed E-state index contributed by atoms with van der Waals surface area (Å²) in [6, 6.07) is 2.45. The SMILES string of the molecule is CC[C@H](C)[C@H](NC(=O)OC(C)(C)C)C(=O)N[C@H](CCC(=O)O)C(=O)NCC(=O)N[C@H](CCCN=C(N)N)C(=O)Nc1ccc2c(C)cc(=O)oc2c1. The number of nitrogens with one attached hydrogen (secondary N) is 5. The zero-order chi connectivity index (χ0) is 39.2. The van der Waals surface area contributed by atoms with Crippen LogP contribution < -0.4 is 43.7 Å². The van der Waals surface area contributed by atoms with Crippen LogP contribution >= 0.6 is 0 Å². The number of aryl methyl sites for hydroxylation is 1. The third kappa shape index (κ3) is 14.7. The molecule has 4 atom stereocenters. The molecule has 5 amide bonds. The zero-order valence-electron chi connectivity index (χ0n) is 30.3. The number of aliphatic carboxylic acids is 1. The van der Waals surface area contributed by atoms with Crippen LogP contribution in [0.3, 0.4) is 0 Å². The third-order valence-electron chi connectivity index (χ3n) is 7.69. The predicted octanol–water partition coefficient (Wildman–Crippen LogP) is 0.984. The van der Waals surface area contributed by atoms with Crippen LogP contribution in [0.4, 0.5) is 10.5 Å². The van der Waals surface area contributed by atoms with Gasteiger partial charge in [-0.15, -0.1) is 0 Å². The fourth-order valence-corrected chi connectivity index (χ4v) is 4.87. The average Bonchev–Trinajstić information content (AvgIpc) is 3.03. The van der Waals surface area contributed by atoms with Gasteiger partial charge in [0.25, 0.3) is 0 Å². The molecule has 0 aliphatic heterocycles. The molecule has 2 rings (SSSR count). The van der Waals surface area contributed by atoms with Crippen molar-refractivity contribution in [3.8, 4) is 0 Å². The van der Waals surface area contributed by atoms with Gasteiger partial charge in [0.05, 0.1) is 6.54 Å². The molecular formula is C34H50N8O10. The first-order valence-corrected chi connectivity index (χ1v) is 16.8. The topological polar surface area (TPSA) is 287 Å². The van der Waals surface area contributed by atoms with E-state index in [1.165, 1.54) is 12.1 Å². The molecule has 0 aliphatic rings. The number of aliphatic imine (C=N–C) groups is 1. The minimum absolute atomic E-state index is 0.0863. The van der Waals surface area contributed by atoms with Crippen LogP contribution in [0, 0.1) is 12.8 Å². The first kappa shape index (κ1) is 42.5. The largest absolute Gasteiger partial charge is 0.481 e. The number of guanidine groups is 1. The van der Waals surface area contributed by atoms with E-state index in [2.05, 4.69) is 31.6 Å². The highest BCUT2D eigenvalue weighted by Crippen LogP contribution is 2.21. The Balaban J connectivity index is 2.17. The first-order chi connectivity index (χ1) is 24.3. The smallest absolute Gasteiger partial charge is 0.408 e. The summed E-state index contributed by atoms with van der Waals surface area (Å²) >= 11 is 0. The molecule has 1 aromatic heterocycles. The second-order valence-corrected chi connectivity index (χ2v) is 13.2. The number of carboxylic acids is 1. The van der Waals surface area contributed by atoms with E-state index >= 15 is 0 Å². The van der Waals surface area contributed by atoms with Crippen LogP contribution in [0.25, 0.3) is 11.0 Å². The lowest BCUT2D eigenvalue weighted by atomic mass is 9.97. The van der Waals surface area contributed by atoms with Crippen LogP contribution in [0.5, 0.6) is 0 Å². The van der Waals surface area contributed by atoms with Gasteiger partial charge in [-0.1, -0.05) is 20.3 Å². The Labute approximate surface area is 300 Å². The van der Waals surface area contributed by atoms with Crippen molar-refractivity contribution in [2.45, 2.75) is 97.4 Å². The number of nitrogens with zero attached hydrogens (tertiary/aromatic N) is 1. The number of nitrogens with two attached hydrogens (primary N) is 2. The molecule has 0 saturated heterocycles. The minimum Gasteiger partial charge on any atom is -0.481 e. The van der Waals surface area contributed by atoms with Crippen molar-refractivity contribution in [2.75, 3.05) is 18.4 Å². The van der Waals surface area contributed by atoms with E-state index in [0.29, 0.717) is 17.4 Å². The van der Waals surface area contributed by atoms with Crippen LogP contribution in [0.2, 0.25) is 0 Å². The Morgan fingerprint density at radius 2 is 1.63 bits per heavy atom. The number of anilines is 1. The van der Waals surface area contributed by atoms with Gasteiger partial charge in [-0.2, -0.15) is 0 Å². The van der Waals surface area contributed by atoms with Crippen molar-refractivity contribution in [2.24, 2.45) is 22.4 Å². The number of hydrogen-bond acceptors (Lipinski definition) is 10. The van der Waals surface area contributed by atoms with Gasteiger partial charge < -0.3 is 52.3 Å². The van der Waals surface area contributed by atoms with Gasteiger partial charge in [0.2, 0.25) is 23.6 Å². The predicted molar refractivity (Wildman–Crippen MR) is 192 cm³/mol. The maximum Gasteiger partial charge on any atom is 0.408 e. The summed E-state index contributed by atoms with van der Waals surface area (Å²) in [6.45, 7) is 9.73. The zero-order valence-corrected chi connectivity index (χ0v) is 30.3. The van der Waals surface area contributed by atoms with Gasteiger partial charge in [0, 0.05) is 36.2 Å². The molecule has 52 heavy (non-hydrogen) atoms. The molecule has 0 bridgehead atoms. The molecule has 0 saturated carbocycles. The van der Waals surface area contributed by atoms with E-state index in [4.69, 9.17) is 20.6 Å². The van der Waals surface area contributed by atoms with Crippen molar-refractivity contribution in [3.05, 3.63) is 40.2 Å². The van der Waals surface area contributed by atoms with Gasteiger partial charge in [-0.05, 0) is 70.6 Å². The molecule has 0 radical (unpaired) electrons. The van der Waals surface area contributed by atoms with Gasteiger partial charge >= 0.3 is 17.7 Å². The molecule has 2 aromatic rings. The average molecular weight is 731 g/mol. The summed E-state index contributed by atoms with van der Waals surface area (Å²) in [5.41, 5.74) is 10.6. The van der Waals surface area contributed by atoms with Gasteiger partial charge in [0.15, 0.2) is 5.96 Å². The number of alkyl carbamates (subject to hydrolysis) is 1. The van der Waals surface area contributed by atoms with E-state index in [1.807, 2.05) is 0 Å². The van der Waals surface area contributed by atoms with E-state index in [0.717, 1.165) is 0 Å². The van der Waals surface area contributed by atoms with Crippen molar-refractivity contribution in [1.82, 2.24) is 21.3 Å². The summed E-state index contributed by atoms with van der Waals surface area (Å²) in [5, 5.41) is 22.5. The highest BCUT2D eigenvalue weighted by atomic mass is 16.6. The van der Waals surface area contributed by atoms with Gasteiger partial charge in [-0.3, -0.25) is 29.0 Å². The number of carbonyl (C=O) groups excluding carboxylic acids is 5. The number of hydrogen-bond donors (Lipinski definition) is 8. The van der Waals surface area contributed by atoms with Crippen molar-refractivity contribution < 1.29 is 43.0 Å². The molecule has 18 nitrogen and oxygen atoms in total. The molecule has 1 heterocycles. The highest BCUT2D eigenvalue weighted by Gasteiger charge is 2.32. The van der Waals surface area contributed by atoms with Crippen LogP contribution in [0.1, 0.15) is 72.3 Å². The number of benzene rings is 1. The van der Waals surface area contributed by atoms with E-state index < -0.39 is 83.9 Å². The van der Waals surface area contributed by atoms with E-state index in [9.17, 15) is 38.7 Å². The number of carbonyl (C=O) groups is 6. The van der Waals surface area contributed by atoms with Crippen LogP contribution in [-0.2, 0) is 28.7 Å². The Kier molecular flexibility index (Phi) is 16.0. The molecule has 0 aliphatic carbocycles. The van der Waals surface area contributed by atoms with Crippen LogP contribution in [-0.4, -0.2) is 83.6 Å². The highest BCUT2D eigenvalue weighted by molar-refractivity contribution is 5.99. The Bertz CT molecular complexity index is 1700. The number of carboxylic acid groups (broad SMARTS) is 1. The fourth-order valence-electron chi connectivity index (χ4n) is 4.87. The molecule has 0 fully saturated rings. The lowest BCUT2D eigenvalue weighted by Crippen LogP contribution is -2.57. The van der Waals surface area contributed by atoms with Crippen molar-refractivity contribution in [3.63, 3.8) is 0 Å². The summed E-state index contributed by atoms with van der Waals surface area (Å²) in [5.74, 6) is -4.80. The molecule has 0 spiro atoms. The second kappa shape index (κ2) is 19.6. The third-order valence-corrected chi connectivity index (χ3v) is 7.69. The number of fused-ring (bicyclic) bond motifs is 1. The lowest BCUT2D eigenvalue weighted by Gasteiger charge is -2.28. The van der Waals surface area contributed by atoms with Crippen LogP contribution in [0.15, 0.2) is 38.5 Å².